The number of alkyl halides is 1. The number of benzene rings is 1. The largest absolute Gasteiger partial charge is 0.349 e. The average molecular weight is 331 g/mol. The van der Waals surface area contributed by atoms with E-state index in [1.165, 1.54) is 0 Å². The third kappa shape index (κ3) is 3.55. The highest BCUT2D eigenvalue weighted by molar-refractivity contribution is 5.40. The van der Waals surface area contributed by atoms with E-state index in [1.54, 1.807) is 16.8 Å². The molecule has 0 saturated carbocycles. The Morgan fingerprint density at radius 2 is 1.96 bits per heavy atom. The van der Waals surface area contributed by atoms with Crippen LogP contribution in [-0.2, 0) is 9.47 Å². The van der Waals surface area contributed by atoms with Gasteiger partial charge in [-0.05, 0) is 31.6 Å². The number of nitrogens with zero attached hydrogens (tertiary/aromatic N) is 3. The van der Waals surface area contributed by atoms with E-state index in [4.69, 9.17) is 9.47 Å². The highest BCUT2D eigenvalue weighted by atomic mass is 19.1. The molecule has 2 heterocycles. The minimum atomic E-state index is -1.10. The number of aromatic nitrogens is 3. The van der Waals surface area contributed by atoms with Crippen molar-refractivity contribution in [3.8, 4) is 0 Å². The Bertz CT molecular complexity index is 681. The molecular weight excluding hydrogens is 309 g/mol. The standard InChI is InChI=1S/C18H22FN3O2/c1-3-23-17(24-4-2)11-10-16-20-18-14(19)12-15(22(18)21-16)13-8-6-5-7-9-13/h5-11,14-15,17H,3-4,12H2,1-2H3/b11-10+. The lowest BCUT2D eigenvalue weighted by atomic mass is 10.0. The Hall–Kier alpha value is -2.05. The van der Waals surface area contributed by atoms with Crippen LogP contribution in [0.2, 0.25) is 0 Å². The zero-order valence-corrected chi connectivity index (χ0v) is 13.9. The van der Waals surface area contributed by atoms with Gasteiger partial charge in [0.1, 0.15) is 0 Å². The second kappa shape index (κ2) is 7.68. The van der Waals surface area contributed by atoms with E-state index in [0.29, 0.717) is 31.3 Å². The third-order valence-electron chi connectivity index (χ3n) is 3.93. The topological polar surface area (TPSA) is 49.2 Å². The van der Waals surface area contributed by atoms with Crippen molar-refractivity contribution in [1.82, 2.24) is 14.8 Å². The summed E-state index contributed by atoms with van der Waals surface area (Å²) in [6.45, 7) is 4.90. The van der Waals surface area contributed by atoms with Gasteiger partial charge in [0.15, 0.2) is 24.1 Å². The average Bonchev–Trinajstić information content (AvgIpc) is 3.14. The maximum absolute atomic E-state index is 14.3. The van der Waals surface area contributed by atoms with Gasteiger partial charge in [-0.15, -0.1) is 0 Å². The molecule has 6 heteroatoms. The van der Waals surface area contributed by atoms with Gasteiger partial charge in [0.2, 0.25) is 0 Å². The van der Waals surface area contributed by atoms with Crippen molar-refractivity contribution < 1.29 is 13.9 Å². The summed E-state index contributed by atoms with van der Waals surface area (Å²) in [5.41, 5.74) is 1.04. The first-order valence-corrected chi connectivity index (χ1v) is 8.29. The van der Waals surface area contributed by atoms with Crippen molar-refractivity contribution >= 4 is 6.08 Å². The van der Waals surface area contributed by atoms with Crippen molar-refractivity contribution in [1.29, 1.82) is 0 Å². The van der Waals surface area contributed by atoms with E-state index in [0.717, 1.165) is 5.56 Å². The summed E-state index contributed by atoms with van der Waals surface area (Å²) < 4.78 is 26.9. The molecule has 0 amide bonds. The van der Waals surface area contributed by atoms with Gasteiger partial charge < -0.3 is 9.47 Å². The molecule has 0 radical (unpaired) electrons. The molecule has 2 aromatic rings. The molecule has 1 aliphatic heterocycles. The Morgan fingerprint density at radius 3 is 2.62 bits per heavy atom. The van der Waals surface area contributed by atoms with Crippen molar-refractivity contribution in [2.75, 3.05) is 13.2 Å². The molecule has 0 fully saturated rings. The van der Waals surface area contributed by atoms with Gasteiger partial charge >= 0.3 is 0 Å². The molecular formula is C18H22FN3O2. The quantitative estimate of drug-likeness (QED) is 0.726. The first-order chi connectivity index (χ1) is 11.7. The van der Waals surface area contributed by atoms with E-state index in [1.807, 2.05) is 44.2 Å². The number of halogens is 1. The summed E-state index contributed by atoms with van der Waals surface area (Å²) in [6, 6.07) is 9.72. The number of rotatable bonds is 7. The van der Waals surface area contributed by atoms with Crippen LogP contribution in [0.3, 0.4) is 0 Å². The molecule has 1 aromatic heterocycles. The number of hydrogen-bond acceptors (Lipinski definition) is 4. The Kier molecular flexibility index (Phi) is 5.37. The van der Waals surface area contributed by atoms with E-state index in [2.05, 4.69) is 10.1 Å². The molecule has 3 rings (SSSR count). The van der Waals surface area contributed by atoms with Crippen molar-refractivity contribution in [3.05, 3.63) is 53.6 Å². The van der Waals surface area contributed by atoms with Crippen molar-refractivity contribution in [2.45, 2.75) is 38.8 Å². The molecule has 2 unspecified atom stereocenters. The molecule has 5 nitrogen and oxygen atoms in total. The molecule has 1 aromatic carbocycles. The normalized spacial score (nSPS) is 20.2. The molecule has 0 N–H and O–H groups in total. The summed E-state index contributed by atoms with van der Waals surface area (Å²) in [5.74, 6) is 0.852. The summed E-state index contributed by atoms with van der Waals surface area (Å²) in [4.78, 5) is 4.32. The van der Waals surface area contributed by atoms with E-state index in [9.17, 15) is 4.39 Å². The third-order valence-corrected chi connectivity index (χ3v) is 3.93. The first-order valence-electron chi connectivity index (χ1n) is 8.29. The van der Waals surface area contributed by atoms with Crippen LogP contribution in [0, 0.1) is 0 Å². The van der Waals surface area contributed by atoms with Crippen molar-refractivity contribution in [2.24, 2.45) is 0 Å². The van der Waals surface area contributed by atoms with Crippen LogP contribution in [0.1, 0.15) is 49.7 Å². The fraction of sp³-hybridized carbons (Fsp3) is 0.444. The lowest BCUT2D eigenvalue weighted by Crippen LogP contribution is -2.14. The molecule has 128 valence electrons. The molecule has 24 heavy (non-hydrogen) atoms. The van der Waals surface area contributed by atoms with E-state index in [-0.39, 0.29) is 6.04 Å². The minimum absolute atomic E-state index is 0.111. The van der Waals surface area contributed by atoms with E-state index >= 15 is 0 Å². The Balaban J connectivity index is 1.80. The maximum atomic E-state index is 14.3. The fourth-order valence-electron chi connectivity index (χ4n) is 2.87. The maximum Gasteiger partial charge on any atom is 0.177 e. The summed E-state index contributed by atoms with van der Waals surface area (Å²) in [5, 5.41) is 4.46. The highest BCUT2D eigenvalue weighted by Gasteiger charge is 2.34. The molecule has 2 atom stereocenters. The van der Waals surface area contributed by atoms with Crippen LogP contribution in [0.5, 0.6) is 0 Å². The van der Waals surface area contributed by atoms with Crippen LogP contribution >= 0.6 is 0 Å². The number of hydrogen-bond donors (Lipinski definition) is 0. The van der Waals surface area contributed by atoms with Gasteiger partial charge in [0.05, 0.1) is 6.04 Å². The van der Waals surface area contributed by atoms with Crippen LogP contribution in [-0.4, -0.2) is 34.3 Å². The first kappa shape index (κ1) is 16.8. The predicted molar refractivity (Wildman–Crippen MR) is 89.1 cm³/mol. The zero-order chi connectivity index (χ0) is 16.9. The fourth-order valence-corrected chi connectivity index (χ4v) is 2.87. The summed E-state index contributed by atoms with van der Waals surface area (Å²) >= 11 is 0. The van der Waals surface area contributed by atoms with Gasteiger partial charge in [0.25, 0.3) is 0 Å². The molecule has 0 aliphatic carbocycles. The summed E-state index contributed by atoms with van der Waals surface area (Å²) in [6.07, 6.45) is 2.31. The minimum Gasteiger partial charge on any atom is -0.349 e. The number of ether oxygens (including phenoxy) is 2. The van der Waals surface area contributed by atoms with Crippen LogP contribution in [0.4, 0.5) is 4.39 Å². The van der Waals surface area contributed by atoms with Gasteiger partial charge in [-0.25, -0.2) is 14.1 Å². The van der Waals surface area contributed by atoms with Crippen LogP contribution in [0.15, 0.2) is 36.4 Å². The Morgan fingerprint density at radius 1 is 1.25 bits per heavy atom. The Labute approximate surface area is 141 Å². The number of fused-ring (bicyclic) bond motifs is 1. The highest BCUT2D eigenvalue weighted by Crippen LogP contribution is 2.39. The van der Waals surface area contributed by atoms with E-state index < -0.39 is 12.5 Å². The predicted octanol–water partition coefficient (Wildman–Crippen LogP) is 3.69. The van der Waals surface area contributed by atoms with Gasteiger partial charge in [-0.1, -0.05) is 30.3 Å². The summed E-state index contributed by atoms with van der Waals surface area (Å²) in [7, 11) is 0. The molecule has 1 aliphatic rings. The van der Waals surface area contributed by atoms with Gasteiger partial charge in [-0.3, -0.25) is 0 Å². The lowest BCUT2D eigenvalue weighted by molar-refractivity contribution is -0.103. The second-order valence-electron chi connectivity index (χ2n) is 5.54. The van der Waals surface area contributed by atoms with Crippen LogP contribution in [0.25, 0.3) is 6.08 Å². The van der Waals surface area contributed by atoms with Gasteiger partial charge in [0, 0.05) is 19.6 Å². The molecule has 0 bridgehead atoms. The smallest absolute Gasteiger partial charge is 0.177 e. The lowest BCUT2D eigenvalue weighted by Gasteiger charge is -2.12. The van der Waals surface area contributed by atoms with Gasteiger partial charge in [-0.2, -0.15) is 5.10 Å². The van der Waals surface area contributed by atoms with Crippen molar-refractivity contribution in [3.63, 3.8) is 0 Å². The molecule has 0 saturated heterocycles. The second-order valence-corrected chi connectivity index (χ2v) is 5.54. The van der Waals surface area contributed by atoms with Crippen LogP contribution < -0.4 is 0 Å². The monoisotopic (exact) mass is 331 g/mol. The zero-order valence-electron chi connectivity index (χ0n) is 13.9. The SMILES string of the molecule is CCOC(/C=C/c1nc2n(n1)C(c1ccccc1)CC2F)OCC. The molecule has 0 spiro atoms.